The van der Waals surface area contributed by atoms with Gasteiger partial charge in [0.1, 0.15) is 6.54 Å². The van der Waals surface area contributed by atoms with Gasteiger partial charge in [0.15, 0.2) is 5.60 Å². The summed E-state index contributed by atoms with van der Waals surface area (Å²) in [4.78, 5) is 27.2. The Balaban J connectivity index is 1.67. The van der Waals surface area contributed by atoms with Crippen molar-refractivity contribution in [2.24, 2.45) is 0 Å². The van der Waals surface area contributed by atoms with Gasteiger partial charge in [-0.25, -0.2) is 0 Å². The minimum Gasteiger partial charge on any atom is -0.372 e. The van der Waals surface area contributed by atoms with E-state index in [4.69, 9.17) is 11.6 Å². The number of fused-ring (bicyclic) bond motifs is 1. The molecule has 1 heterocycles. The molecule has 6 heteroatoms. The van der Waals surface area contributed by atoms with Crippen molar-refractivity contribution in [3.8, 4) is 0 Å². The number of halogens is 1. The Bertz CT molecular complexity index is 1110. The number of amides is 2. The van der Waals surface area contributed by atoms with Crippen LogP contribution in [0.4, 0.5) is 11.4 Å². The molecular formula is C23H19ClN2O3. The van der Waals surface area contributed by atoms with Gasteiger partial charge in [0.25, 0.3) is 5.91 Å². The summed E-state index contributed by atoms with van der Waals surface area (Å²) in [7, 11) is 0. The summed E-state index contributed by atoms with van der Waals surface area (Å²) < 4.78 is 0. The van der Waals surface area contributed by atoms with Crippen LogP contribution in [0, 0.1) is 6.92 Å². The maximum atomic E-state index is 13.3. The number of rotatable bonds is 4. The summed E-state index contributed by atoms with van der Waals surface area (Å²) in [6.45, 7) is 1.72. The molecule has 0 bridgehead atoms. The lowest BCUT2D eigenvalue weighted by Crippen LogP contribution is -2.44. The molecular weight excluding hydrogens is 388 g/mol. The summed E-state index contributed by atoms with van der Waals surface area (Å²) in [6, 6.07) is 20.9. The molecule has 1 aliphatic rings. The molecule has 1 atom stereocenters. The number of para-hydroxylation sites is 1. The maximum Gasteiger partial charge on any atom is 0.268 e. The summed E-state index contributed by atoms with van der Waals surface area (Å²) in [6.07, 6.45) is 0. The van der Waals surface area contributed by atoms with Crippen molar-refractivity contribution in [3.05, 3.63) is 94.5 Å². The Morgan fingerprint density at radius 3 is 2.59 bits per heavy atom. The molecule has 3 aromatic carbocycles. The van der Waals surface area contributed by atoms with Crippen LogP contribution in [-0.2, 0) is 15.2 Å². The van der Waals surface area contributed by atoms with Crippen LogP contribution in [0.25, 0.3) is 0 Å². The van der Waals surface area contributed by atoms with Crippen LogP contribution >= 0.6 is 11.6 Å². The zero-order valence-electron chi connectivity index (χ0n) is 15.7. The number of aryl methyl sites for hydroxylation is 1. The normalized spacial score (nSPS) is 17.9. The van der Waals surface area contributed by atoms with Gasteiger partial charge < -0.3 is 10.4 Å². The Morgan fingerprint density at radius 1 is 1.07 bits per heavy atom. The number of nitrogens with one attached hydrogen (secondary N) is 1. The van der Waals surface area contributed by atoms with Crippen molar-refractivity contribution in [1.82, 2.24) is 0 Å². The SMILES string of the molecule is Cc1cccc(NC(=O)CN2C(=O)[C@](O)(c3cccc(Cl)c3)c3ccccc32)c1. The third-order valence-corrected chi connectivity index (χ3v) is 5.22. The van der Waals surface area contributed by atoms with E-state index in [9.17, 15) is 14.7 Å². The Hall–Kier alpha value is -3.15. The Labute approximate surface area is 173 Å². The molecule has 146 valence electrons. The second kappa shape index (κ2) is 7.35. The first-order chi connectivity index (χ1) is 13.9. The lowest BCUT2D eigenvalue weighted by Gasteiger charge is -2.23. The van der Waals surface area contributed by atoms with E-state index in [1.807, 2.05) is 25.1 Å². The third-order valence-electron chi connectivity index (χ3n) is 4.99. The minimum atomic E-state index is -1.90. The van der Waals surface area contributed by atoms with E-state index in [1.54, 1.807) is 54.6 Å². The summed E-state index contributed by atoms with van der Waals surface area (Å²) >= 11 is 6.08. The average molecular weight is 407 g/mol. The standard InChI is InChI=1S/C23H19ClN2O3/c1-15-6-4-9-18(12-15)25-21(27)14-26-20-11-3-2-10-19(20)23(29,22(26)28)16-7-5-8-17(24)13-16/h2-13,29H,14H2,1H3,(H,25,27)/t23-/m0/s1. The fourth-order valence-corrected chi connectivity index (χ4v) is 3.84. The molecule has 0 saturated carbocycles. The molecule has 4 rings (SSSR count). The van der Waals surface area contributed by atoms with Crippen LogP contribution < -0.4 is 10.2 Å². The maximum absolute atomic E-state index is 13.3. The molecule has 0 saturated heterocycles. The van der Waals surface area contributed by atoms with Crippen LogP contribution in [0.15, 0.2) is 72.8 Å². The van der Waals surface area contributed by atoms with Crippen molar-refractivity contribution in [2.75, 3.05) is 16.8 Å². The molecule has 3 aromatic rings. The summed E-state index contributed by atoms with van der Waals surface area (Å²) in [5, 5.41) is 14.7. The van der Waals surface area contributed by atoms with Gasteiger partial charge in [-0.3, -0.25) is 14.5 Å². The molecule has 2 amide bonds. The van der Waals surface area contributed by atoms with Gasteiger partial charge in [-0.05, 0) is 48.4 Å². The molecule has 29 heavy (non-hydrogen) atoms. The first-order valence-electron chi connectivity index (χ1n) is 9.16. The van der Waals surface area contributed by atoms with Crippen LogP contribution in [0.2, 0.25) is 5.02 Å². The molecule has 0 radical (unpaired) electrons. The number of aliphatic hydroxyl groups is 1. The highest BCUT2D eigenvalue weighted by Gasteiger charge is 2.51. The molecule has 5 nitrogen and oxygen atoms in total. The van der Waals surface area contributed by atoms with E-state index in [0.717, 1.165) is 5.56 Å². The number of carbonyl (C=O) groups excluding carboxylic acids is 2. The predicted octanol–water partition coefficient (Wildman–Crippen LogP) is 3.87. The molecule has 0 fully saturated rings. The molecule has 1 aliphatic heterocycles. The van der Waals surface area contributed by atoms with Crippen molar-refractivity contribution >= 4 is 34.8 Å². The van der Waals surface area contributed by atoms with Crippen molar-refractivity contribution < 1.29 is 14.7 Å². The number of hydrogen-bond acceptors (Lipinski definition) is 3. The van der Waals surface area contributed by atoms with E-state index >= 15 is 0 Å². The highest BCUT2D eigenvalue weighted by atomic mass is 35.5. The van der Waals surface area contributed by atoms with Crippen LogP contribution in [-0.4, -0.2) is 23.5 Å². The molecule has 0 aromatic heterocycles. The Kier molecular flexibility index (Phi) is 4.86. The van der Waals surface area contributed by atoms with Gasteiger partial charge in [0.2, 0.25) is 5.91 Å². The monoisotopic (exact) mass is 406 g/mol. The number of nitrogens with zero attached hydrogens (tertiary/aromatic N) is 1. The zero-order valence-corrected chi connectivity index (χ0v) is 16.5. The van der Waals surface area contributed by atoms with Crippen molar-refractivity contribution in [1.29, 1.82) is 0 Å². The minimum absolute atomic E-state index is 0.216. The second-order valence-corrected chi connectivity index (χ2v) is 7.48. The van der Waals surface area contributed by atoms with Crippen molar-refractivity contribution in [2.45, 2.75) is 12.5 Å². The van der Waals surface area contributed by atoms with Gasteiger partial charge >= 0.3 is 0 Å². The average Bonchev–Trinajstić information content (AvgIpc) is 2.91. The molecule has 2 N–H and O–H groups in total. The lowest BCUT2D eigenvalue weighted by molar-refractivity contribution is -0.133. The van der Waals surface area contributed by atoms with E-state index < -0.39 is 11.5 Å². The molecule has 0 spiro atoms. The van der Waals surface area contributed by atoms with Crippen LogP contribution in [0.3, 0.4) is 0 Å². The first-order valence-corrected chi connectivity index (χ1v) is 9.54. The van der Waals surface area contributed by atoms with Gasteiger partial charge in [-0.2, -0.15) is 0 Å². The first kappa shape index (κ1) is 19.2. The van der Waals surface area contributed by atoms with Gasteiger partial charge in [0, 0.05) is 16.3 Å². The van der Waals surface area contributed by atoms with Gasteiger partial charge in [0.05, 0.1) is 5.69 Å². The predicted molar refractivity (Wildman–Crippen MR) is 113 cm³/mol. The fourth-order valence-electron chi connectivity index (χ4n) is 3.65. The molecule has 0 unspecified atom stereocenters. The summed E-state index contributed by atoms with van der Waals surface area (Å²) in [5.74, 6) is -0.936. The highest BCUT2D eigenvalue weighted by Crippen LogP contribution is 2.44. The van der Waals surface area contributed by atoms with E-state index in [2.05, 4.69) is 5.32 Å². The van der Waals surface area contributed by atoms with Crippen LogP contribution in [0.1, 0.15) is 16.7 Å². The van der Waals surface area contributed by atoms with Gasteiger partial charge in [-0.15, -0.1) is 0 Å². The summed E-state index contributed by atoms with van der Waals surface area (Å²) in [5.41, 5.74) is 1.06. The fraction of sp³-hybridized carbons (Fsp3) is 0.130. The smallest absolute Gasteiger partial charge is 0.268 e. The Morgan fingerprint density at radius 2 is 1.83 bits per heavy atom. The van der Waals surface area contributed by atoms with E-state index in [-0.39, 0.29) is 12.5 Å². The number of anilines is 2. The number of carbonyl (C=O) groups is 2. The topological polar surface area (TPSA) is 69.6 Å². The van der Waals surface area contributed by atoms with Crippen molar-refractivity contribution in [3.63, 3.8) is 0 Å². The third kappa shape index (κ3) is 3.39. The zero-order chi connectivity index (χ0) is 20.6. The van der Waals surface area contributed by atoms with E-state index in [0.29, 0.717) is 27.5 Å². The lowest BCUT2D eigenvalue weighted by atomic mass is 9.87. The van der Waals surface area contributed by atoms with Crippen LogP contribution in [0.5, 0.6) is 0 Å². The number of hydrogen-bond donors (Lipinski definition) is 2. The van der Waals surface area contributed by atoms with Gasteiger partial charge in [-0.1, -0.05) is 54.1 Å². The number of benzene rings is 3. The quantitative estimate of drug-likeness (QED) is 0.691. The van der Waals surface area contributed by atoms with E-state index in [1.165, 1.54) is 4.90 Å². The largest absolute Gasteiger partial charge is 0.372 e. The second-order valence-electron chi connectivity index (χ2n) is 7.05. The molecule has 0 aliphatic carbocycles. The highest BCUT2D eigenvalue weighted by molar-refractivity contribution is 6.30.